The van der Waals surface area contributed by atoms with Crippen LogP contribution in [0.3, 0.4) is 0 Å². The fraction of sp³-hybridized carbons (Fsp3) is 0.227. The second-order valence-corrected chi connectivity index (χ2v) is 6.76. The van der Waals surface area contributed by atoms with E-state index >= 15 is 0 Å². The fourth-order valence-corrected chi connectivity index (χ4v) is 3.13. The van der Waals surface area contributed by atoms with Crippen LogP contribution in [0, 0.1) is 5.92 Å². The number of carbonyl (C=O) groups excluding carboxylic acids is 3. The Morgan fingerprint density at radius 2 is 1.53 bits per heavy atom. The number of hydrogen-bond donors (Lipinski definition) is 2. The Hall–Kier alpha value is -3.81. The van der Waals surface area contributed by atoms with Gasteiger partial charge in [0.25, 0.3) is 11.8 Å². The van der Waals surface area contributed by atoms with E-state index in [1.165, 1.54) is 31.9 Å². The molecule has 0 spiro atoms. The van der Waals surface area contributed by atoms with Crippen LogP contribution in [-0.2, 0) is 9.53 Å². The number of hydrogen-bond acceptors (Lipinski definition) is 6. The number of rotatable bonds is 5. The van der Waals surface area contributed by atoms with Crippen molar-refractivity contribution in [2.75, 3.05) is 7.11 Å². The van der Waals surface area contributed by atoms with Gasteiger partial charge in [-0.3, -0.25) is 19.6 Å². The molecule has 8 heteroatoms. The first-order valence-electron chi connectivity index (χ1n) is 9.41. The molecule has 2 aromatic heterocycles. The maximum atomic E-state index is 12.7. The lowest BCUT2D eigenvalue weighted by atomic mass is 9.93. The van der Waals surface area contributed by atoms with Gasteiger partial charge in [-0.1, -0.05) is 13.0 Å². The van der Waals surface area contributed by atoms with Gasteiger partial charge in [0.15, 0.2) is 0 Å². The Balaban J connectivity index is 1.86. The van der Waals surface area contributed by atoms with E-state index in [1.54, 1.807) is 36.4 Å². The molecule has 0 aliphatic heterocycles. The molecule has 8 nitrogen and oxygen atoms in total. The largest absolute Gasteiger partial charge is 0.466 e. The van der Waals surface area contributed by atoms with Gasteiger partial charge in [-0.2, -0.15) is 0 Å². The van der Waals surface area contributed by atoms with Crippen molar-refractivity contribution in [2.24, 2.45) is 5.92 Å². The molecule has 1 aliphatic carbocycles. The van der Waals surface area contributed by atoms with Gasteiger partial charge in [-0.25, -0.2) is 4.79 Å². The first-order chi connectivity index (χ1) is 14.5. The minimum Gasteiger partial charge on any atom is -0.466 e. The third-order valence-electron chi connectivity index (χ3n) is 4.83. The number of nitrogens with one attached hydrogen (secondary N) is 2. The maximum absolute atomic E-state index is 12.7. The molecule has 0 fully saturated rings. The van der Waals surface area contributed by atoms with Crippen LogP contribution in [0.25, 0.3) is 0 Å². The molecule has 2 atom stereocenters. The molecule has 2 amide bonds. The van der Waals surface area contributed by atoms with Crippen LogP contribution in [-0.4, -0.2) is 40.9 Å². The van der Waals surface area contributed by atoms with Crippen LogP contribution in [0.4, 0.5) is 0 Å². The summed E-state index contributed by atoms with van der Waals surface area (Å²) in [5.41, 5.74) is 1.91. The summed E-state index contributed by atoms with van der Waals surface area (Å²) in [5, 5.41) is 5.78. The molecule has 0 saturated carbocycles. The average Bonchev–Trinajstić information content (AvgIpc) is 2.93. The Kier molecular flexibility index (Phi) is 6.69. The van der Waals surface area contributed by atoms with E-state index in [9.17, 15) is 14.4 Å². The van der Waals surface area contributed by atoms with Crippen LogP contribution in [0.1, 0.15) is 34.1 Å². The molecule has 154 valence electrons. The summed E-state index contributed by atoms with van der Waals surface area (Å²) in [6.45, 7) is 1.82. The lowest BCUT2D eigenvalue weighted by Crippen LogP contribution is -2.40. The normalized spacial score (nSPS) is 18.3. The van der Waals surface area contributed by atoms with Gasteiger partial charge in [-0.05, 0) is 30.3 Å². The molecule has 2 aromatic rings. The topological polar surface area (TPSA) is 110 Å². The highest BCUT2D eigenvalue weighted by molar-refractivity contribution is 5.96. The van der Waals surface area contributed by atoms with Crippen molar-refractivity contribution in [3.8, 4) is 0 Å². The SMILES string of the molecule is COC(=O)C1=CCC(NC(=O)c2ccncc2)=CC(NC(=O)c2ccncc2)C1C. The van der Waals surface area contributed by atoms with Crippen molar-refractivity contribution in [2.45, 2.75) is 19.4 Å². The van der Waals surface area contributed by atoms with Crippen molar-refractivity contribution in [1.29, 1.82) is 0 Å². The quantitative estimate of drug-likeness (QED) is 0.735. The van der Waals surface area contributed by atoms with Gasteiger partial charge in [0, 0.05) is 59.5 Å². The van der Waals surface area contributed by atoms with E-state index in [0.29, 0.717) is 28.8 Å². The number of methoxy groups -OCH3 is 1. The summed E-state index contributed by atoms with van der Waals surface area (Å²) in [4.78, 5) is 45.3. The van der Waals surface area contributed by atoms with Gasteiger partial charge < -0.3 is 15.4 Å². The van der Waals surface area contributed by atoms with E-state index in [1.807, 2.05) is 6.92 Å². The second kappa shape index (κ2) is 9.60. The van der Waals surface area contributed by atoms with E-state index < -0.39 is 12.0 Å². The molecule has 0 bridgehead atoms. The van der Waals surface area contributed by atoms with E-state index in [0.717, 1.165) is 0 Å². The van der Waals surface area contributed by atoms with Crippen molar-refractivity contribution in [1.82, 2.24) is 20.6 Å². The molecule has 30 heavy (non-hydrogen) atoms. The summed E-state index contributed by atoms with van der Waals surface area (Å²) in [7, 11) is 1.31. The van der Waals surface area contributed by atoms with Crippen LogP contribution < -0.4 is 10.6 Å². The summed E-state index contributed by atoms with van der Waals surface area (Å²) < 4.78 is 4.89. The van der Waals surface area contributed by atoms with Crippen LogP contribution in [0.2, 0.25) is 0 Å². The summed E-state index contributed by atoms with van der Waals surface area (Å²) in [5.74, 6) is -1.44. The lowest BCUT2D eigenvalue weighted by molar-refractivity contribution is -0.136. The summed E-state index contributed by atoms with van der Waals surface area (Å²) in [6, 6.07) is 5.88. The van der Waals surface area contributed by atoms with Gasteiger partial charge in [0.2, 0.25) is 0 Å². The number of amides is 2. The highest BCUT2D eigenvalue weighted by Crippen LogP contribution is 2.24. The molecular formula is C22H22N4O4. The molecule has 0 aromatic carbocycles. The zero-order valence-electron chi connectivity index (χ0n) is 16.7. The monoisotopic (exact) mass is 406 g/mol. The zero-order valence-corrected chi connectivity index (χ0v) is 16.7. The van der Waals surface area contributed by atoms with Gasteiger partial charge in [0.1, 0.15) is 0 Å². The van der Waals surface area contributed by atoms with Crippen molar-refractivity contribution >= 4 is 17.8 Å². The van der Waals surface area contributed by atoms with E-state index in [4.69, 9.17) is 4.74 Å². The number of nitrogens with zero attached hydrogens (tertiary/aromatic N) is 2. The second-order valence-electron chi connectivity index (χ2n) is 6.76. The predicted octanol–water partition coefficient (Wildman–Crippen LogP) is 2.03. The van der Waals surface area contributed by atoms with Crippen LogP contribution >= 0.6 is 0 Å². The molecular weight excluding hydrogens is 384 g/mol. The average molecular weight is 406 g/mol. The first-order valence-corrected chi connectivity index (χ1v) is 9.41. The number of allylic oxidation sites excluding steroid dienone is 1. The van der Waals surface area contributed by atoms with Gasteiger partial charge in [-0.15, -0.1) is 0 Å². The number of ether oxygens (including phenoxy) is 1. The van der Waals surface area contributed by atoms with E-state index in [2.05, 4.69) is 20.6 Å². The third-order valence-corrected chi connectivity index (χ3v) is 4.83. The highest BCUT2D eigenvalue weighted by atomic mass is 16.5. The minimum atomic E-state index is -0.536. The standard InChI is InChI=1S/C22H22N4O4/c1-14-18(22(29)30-2)4-3-17(25-20(27)15-5-9-23-10-6-15)13-19(14)26-21(28)16-7-11-24-12-8-16/h4-14,19H,3H2,1-2H3,(H,25,27)(H,26,28). The fourth-order valence-electron chi connectivity index (χ4n) is 3.13. The van der Waals surface area contributed by atoms with Gasteiger partial charge >= 0.3 is 5.97 Å². The summed E-state index contributed by atoms with van der Waals surface area (Å²) >= 11 is 0. The predicted molar refractivity (Wildman–Crippen MR) is 109 cm³/mol. The van der Waals surface area contributed by atoms with Crippen LogP contribution in [0.5, 0.6) is 0 Å². The number of pyridine rings is 2. The minimum absolute atomic E-state index is 0.301. The van der Waals surface area contributed by atoms with Crippen molar-refractivity contribution in [3.05, 3.63) is 83.6 Å². The Morgan fingerprint density at radius 3 is 2.10 bits per heavy atom. The Morgan fingerprint density at radius 1 is 0.967 bits per heavy atom. The number of esters is 1. The smallest absolute Gasteiger partial charge is 0.333 e. The van der Waals surface area contributed by atoms with Gasteiger partial charge in [0.05, 0.1) is 13.2 Å². The Labute approximate surface area is 174 Å². The summed E-state index contributed by atoms with van der Waals surface area (Å²) in [6.07, 6.45) is 9.91. The number of carbonyl (C=O) groups is 3. The van der Waals surface area contributed by atoms with E-state index in [-0.39, 0.29) is 17.7 Å². The highest BCUT2D eigenvalue weighted by Gasteiger charge is 2.29. The lowest BCUT2D eigenvalue weighted by Gasteiger charge is -2.23. The maximum Gasteiger partial charge on any atom is 0.333 e. The molecule has 1 aliphatic rings. The molecule has 0 saturated heterocycles. The molecule has 3 rings (SSSR count). The van der Waals surface area contributed by atoms with Crippen molar-refractivity contribution in [3.63, 3.8) is 0 Å². The molecule has 2 unspecified atom stereocenters. The first kappa shape index (κ1) is 20.9. The molecule has 2 heterocycles. The zero-order chi connectivity index (χ0) is 21.5. The van der Waals surface area contributed by atoms with Crippen LogP contribution in [0.15, 0.2) is 72.5 Å². The van der Waals surface area contributed by atoms with Crippen molar-refractivity contribution < 1.29 is 19.1 Å². The number of aromatic nitrogens is 2. The third kappa shape index (κ3) is 4.96. The Bertz CT molecular complexity index is 987. The molecule has 2 N–H and O–H groups in total. The molecule has 0 radical (unpaired) electrons.